The number of benzene rings is 2. The lowest BCUT2D eigenvalue weighted by atomic mass is 9.84. The van der Waals surface area contributed by atoms with Crippen molar-refractivity contribution in [1.29, 1.82) is 0 Å². The zero-order valence-corrected chi connectivity index (χ0v) is 22.0. The molecule has 3 aromatic rings. The van der Waals surface area contributed by atoms with Gasteiger partial charge in [0.1, 0.15) is 6.54 Å². The van der Waals surface area contributed by atoms with Crippen LogP contribution in [0.25, 0.3) is 11.1 Å². The SMILES string of the molecule is Cc1ccc(Cl)c2c1N1C(=O)c3nn(CC(=O)N4CCNCC4)c(C(C)C)c3C1c1ccc(Cl)cc1-2. The van der Waals surface area contributed by atoms with Crippen molar-refractivity contribution in [2.24, 2.45) is 0 Å². The number of nitrogens with zero attached hydrogens (tertiary/aromatic N) is 4. The highest BCUT2D eigenvalue weighted by Gasteiger charge is 2.49. The van der Waals surface area contributed by atoms with Crippen LogP contribution in [-0.2, 0) is 11.3 Å². The average Bonchev–Trinajstić information content (AvgIpc) is 3.36. The van der Waals surface area contributed by atoms with E-state index in [-0.39, 0.29) is 30.3 Å². The van der Waals surface area contributed by atoms with Crippen molar-refractivity contribution in [2.75, 3.05) is 31.1 Å². The number of fused-ring (bicyclic) bond motifs is 8. The summed E-state index contributed by atoms with van der Waals surface area (Å²) in [5.74, 6) is -0.0902. The summed E-state index contributed by atoms with van der Waals surface area (Å²) >= 11 is 13.1. The van der Waals surface area contributed by atoms with Crippen molar-refractivity contribution in [3.8, 4) is 11.1 Å². The highest BCUT2D eigenvalue weighted by molar-refractivity contribution is 6.35. The Kier molecular flexibility index (Phi) is 5.63. The Morgan fingerprint density at radius 1 is 1.17 bits per heavy atom. The summed E-state index contributed by atoms with van der Waals surface area (Å²) in [5.41, 5.74) is 6.64. The van der Waals surface area contributed by atoms with Crippen LogP contribution in [0.3, 0.4) is 0 Å². The molecule has 36 heavy (non-hydrogen) atoms. The van der Waals surface area contributed by atoms with Crippen LogP contribution >= 0.6 is 23.2 Å². The summed E-state index contributed by atoms with van der Waals surface area (Å²) in [4.78, 5) is 30.8. The number of aromatic nitrogens is 2. The monoisotopic (exact) mass is 523 g/mol. The number of nitrogens with one attached hydrogen (secondary N) is 1. The smallest absolute Gasteiger partial charge is 0.280 e. The quantitative estimate of drug-likeness (QED) is 0.536. The van der Waals surface area contributed by atoms with Gasteiger partial charge in [0.15, 0.2) is 5.69 Å². The molecule has 4 heterocycles. The fraction of sp³-hybridized carbons (Fsp3) is 0.370. The van der Waals surface area contributed by atoms with E-state index in [0.29, 0.717) is 28.8 Å². The third-order valence-corrected chi connectivity index (χ3v) is 7.98. The predicted molar refractivity (Wildman–Crippen MR) is 141 cm³/mol. The Morgan fingerprint density at radius 3 is 2.64 bits per heavy atom. The first-order valence-corrected chi connectivity index (χ1v) is 13.0. The van der Waals surface area contributed by atoms with E-state index in [1.54, 1.807) is 4.68 Å². The minimum atomic E-state index is -0.357. The molecule has 1 aromatic heterocycles. The second-order valence-electron chi connectivity index (χ2n) is 9.99. The van der Waals surface area contributed by atoms with Crippen LogP contribution in [-0.4, -0.2) is 52.7 Å². The first kappa shape index (κ1) is 23.5. The molecule has 2 aromatic carbocycles. The maximum atomic E-state index is 14.0. The normalized spacial score (nSPS) is 18.3. The number of hydrogen-bond acceptors (Lipinski definition) is 4. The van der Waals surface area contributed by atoms with E-state index in [9.17, 15) is 9.59 Å². The summed E-state index contributed by atoms with van der Waals surface area (Å²) in [6.45, 7) is 9.20. The number of rotatable bonds is 3. The molecule has 1 fully saturated rings. The predicted octanol–water partition coefficient (Wildman–Crippen LogP) is 4.78. The van der Waals surface area contributed by atoms with Gasteiger partial charge in [0.05, 0.1) is 16.8 Å². The van der Waals surface area contributed by atoms with E-state index in [4.69, 9.17) is 28.3 Å². The molecule has 1 atom stereocenters. The van der Waals surface area contributed by atoms with E-state index in [0.717, 1.165) is 52.3 Å². The van der Waals surface area contributed by atoms with Crippen molar-refractivity contribution in [3.05, 3.63) is 68.5 Å². The lowest BCUT2D eigenvalue weighted by Crippen LogP contribution is -2.47. The van der Waals surface area contributed by atoms with E-state index < -0.39 is 0 Å². The first-order chi connectivity index (χ1) is 17.3. The first-order valence-electron chi connectivity index (χ1n) is 12.3. The molecule has 186 valence electrons. The van der Waals surface area contributed by atoms with Crippen LogP contribution in [0.4, 0.5) is 5.69 Å². The molecule has 0 bridgehead atoms. The van der Waals surface area contributed by atoms with Gasteiger partial charge in [-0.1, -0.05) is 49.2 Å². The molecule has 1 unspecified atom stereocenters. The summed E-state index contributed by atoms with van der Waals surface area (Å²) in [6, 6.07) is 9.20. The van der Waals surface area contributed by atoms with Gasteiger partial charge in [0.2, 0.25) is 5.91 Å². The van der Waals surface area contributed by atoms with Crippen LogP contribution in [0.5, 0.6) is 0 Å². The minimum absolute atomic E-state index is 0.0210. The molecule has 6 rings (SSSR count). The number of piperazine rings is 1. The Morgan fingerprint density at radius 2 is 1.92 bits per heavy atom. The van der Waals surface area contributed by atoms with Crippen molar-refractivity contribution >= 4 is 40.7 Å². The van der Waals surface area contributed by atoms with Gasteiger partial charge in [0, 0.05) is 48.0 Å². The molecule has 2 amide bonds. The summed E-state index contributed by atoms with van der Waals surface area (Å²) in [7, 11) is 0. The molecule has 1 N–H and O–H groups in total. The topological polar surface area (TPSA) is 70.5 Å². The number of aryl methyl sites for hydroxylation is 1. The number of hydrogen-bond donors (Lipinski definition) is 1. The fourth-order valence-corrected chi connectivity index (χ4v) is 6.32. The average molecular weight is 524 g/mol. The second-order valence-corrected chi connectivity index (χ2v) is 10.8. The van der Waals surface area contributed by atoms with Gasteiger partial charge in [-0.2, -0.15) is 5.10 Å². The molecule has 9 heteroatoms. The van der Waals surface area contributed by atoms with E-state index >= 15 is 0 Å². The van der Waals surface area contributed by atoms with Gasteiger partial charge in [-0.3, -0.25) is 19.2 Å². The fourth-order valence-electron chi connectivity index (χ4n) is 5.89. The molecule has 1 saturated heterocycles. The van der Waals surface area contributed by atoms with Crippen LogP contribution < -0.4 is 10.2 Å². The zero-order chi connectivity index (χ0) is 25.3. The Balaban J connectivity index is 1.53. The lowest BCUT2D eigenvalue weighted by Gasteiger charge is -2.36. The van der Waals surface area contributed by atoms with Gasteiger partial charge in [-0.05, 0) is 47.7 Å². The van der Waals surface area contributed by atoms with Crippen molar-refractivity contribution in [2.45, 2.75) is 39.3 Å². The van der Waals surface area contributed by atoms with E-state index in [1.807, 2.05) is 47.1 Å². The third-order valence-electron chi connectivity index (χ3n) is 7.43. The van der Waals surface area contributed by atoms with Crippen molar-refractivity contribution in [1.82, 2.24) is 20.0 Å². The lowest BCUT2D eigenvalue weighted by molar-refractivity contribution is -0.132. The van der Waals surface area contributed by atoms with Crippen LogP contribution in [0.15, 0.2) is 30.3 Å². The maximum absolute atomic E-state index is 14.0. The number of carbonyl (C=O) groups excluding carboxylic acids is 2. The second kappa shape index (κ2) is 8.61. The molecule has 7 nitrogen and oxygen atoms in total. The van der Waals surface area contributed by atoms with Gasteiger partial charge < -0.3 is 10.2 Å². The number of amides is 2. The van der Waals surface area contributed by atoms with Crippen molar-refractivity contribution < 1.29 is 9.59 Å². The van der Waals surface area contributed by atoms with Crippen molar-refractivity contribution in [3.63, 3.8) is 0 Å². The number of halogens is 2. The highest BCUT2D eigenvalue weighted by atomic mass is 35.5. The largest absolute Gasteiger partial charge is 0.339 e. The highest BCUT2D eigenvalue weighted by Crippen LogP contribution is 2.56. The molecule has 3 aliphatic rings. The Labute approximate surface area is 220 Å². The minimum Gasteiger partial charge on any atom is -0.339 e. The number of anilines is 1. The Hall–Kier alpha value is -2.87. The summed E-state index contributed by atoms with van der Waals surface area (Å²) in [5, 5.41) is 9.23. The van der Waals surface area contributed by atoms with Crippen LogP contribution in [0.2, 0.25) is 10.0 Å². The molecule has 0 aliphatic carbocycles. The van der Waals surface area contributed by atoms with Gasteiger partial charge in [-0.25, -0.2) is 0 Å². The van der Waals surface area contributed by atoms with Gasteiger partial charge in [0.25, 0.3) is 5.91 Å². The zero-order valence-electron chi connectivity index (χ0n) is 20.4. The molecule has 0 spiro atoms. The molecular formula is C27H27Cl2N5O2. The number of carbonyl (C=O) groups is 2. The molecule has 0 saturated carbocycles. The summed E-state index contributed by atoms with van der Waals surface area (Å²) in [6.07, 6.45) is 0. The maximum Gasteiger partial charge on any atom is 0.280 e. The molecule has 3 aliphatic heterocycles. The van der Waals surface area contributed by atoms with Gasteiger partial charge >= 0.3 is 0 Å². The van der Waals surface area contributed by atoms with E-state index in [1.165, 1.54) is 0 Å². The van der Waals surface area contributed by atoms with Gasteiger partial charge in [-0.15, -0.1) is 0 Å². The Bertz CT molecular complexity index is 1420. The molecular weight excluding hydrogens is 497 g/mol. The molecule has 0 radical (unpaired) electrons. The van der Waals surface area contributed by atoms with E-state index in [2.05, 4.69) is 19.2 Å². The standard InChI is InChI=1S/C27H27Cl2N5O2/c1-14(2)24-22-23(31-33(24)13-20(35)32-10-8-30-9-11-32)27(36)34-25-15(3)4-7-19(29)21(25)18-12-16(28)5-6-17(18)26(22)34/h4-7,12,14,26,30H,8-11,13H2,1-3H3. The van der Waals surface area contributed by atoms with Crippen LogP contribution in [0.1, 0.15) is 58.7 Å². The summed E-state index contributed by atoms with van der Waals surface area (Å²) < 4.78 is 1.75. The third kappa shape index (κ3) is 3.40. The van der Waals surface area contributed by atoms with Crippen LogP contribution in [0, 0.1) is 6.92 Å².